The van der Waals surface area contributed by atoms with Crippen LogP contribution in [-0.4, -0.2) is 27.9 Å². The van der Waals surface area contributed by atoms with Gasteiger partial charge in [-0.25, -0.2) is 9.97 Å². The van der Waals surface area contributed by atoms with Crippen LogP contribution in [0.5, 0.6) is 0 Å². The Morgan fingerprint density at radius 3 is 1.02 bits per heavy atom. The second-order valence-corrected chi connectivity index (χ2v) is 24.0. The first-order chi connectivity index (χ1) is 44.6. The van der Waals surface area contributed by atoms with Crippen LogP contribution in [0.25, 0.3) is 187 Å². The first-order valence-corrected chi connectivity index (χ1v) is 30.6. The van der Waals surface area contributed by atoms with Gasteiger partial charge in [-0.05, 0) is 150 Å². The standard InChI is InChI=1S/C83H47N7/c84-48-49-31-33-50(34-32-49)71-47-72(53-15-13-17-57(39-53)87-73-25-7-1-19-59(73)65-41-51(35-37-79(65)87)55-43-67-61-21-3-9-27-75(61)89-76-28-10-4-22-62(76)68(44-55)81(67)89)86-83(85-71)54-16-14-18-58(40-54)88-74-26-8-2-20-60(74)66-42-52(36-38-80(66)88)56-45-69-63-23-5-11-29-77(63)90-78-30-12-6-24-64(78)70(46-56)82(69)90/h1-47H. The van der Waals surface area contributed by atoms with Gasteiger partial charge in [-0.1, -0.05) is 158 Å². The van der Waals surface area contributed by atoms with Gasteiger partial charge in [0, 0.05) is 92.7 Å². The Morgan fingerprint density at radius 1 is 0.244 bits per heavy atom. The molecule has 7 aromatic heterocycles. The van der Waals surface area contributed by atoms with E-state index in [-0.39, 0.29) is 0 Å². The van der Waals surface area contributed by atoms with Crippen LogP contribution in [-0.2, 0) is 0 Å². The van der Waals surface area contributed by atoms with Crippen molar-refractivity contribution in [2.45, 2.75) is 0 Å². The Hall–Kier alpha value is -12.4. The maximum absolute atomic E-state index is 9.83. The minimum atomic E-state index is 0.592. The third-order valence-corrected chi connectivity index (χ3v) is 19.2. The lowest BCUT2D eigenvalue weighted by Gasteiger charge is -2.13. The van der Waals surface area contributed by atoms with Gasteiger partial charge in [0.15, 0.2) is 5.82 Å². The molecule has 0 aliphatic rings. The monoisotopic (exact) mass is 1140 g/mol. The molecule has 0 aliphatic heterocycles. The molecule has 20 aromatic rings. The molecule has 7 heterocycles. The largest absolute Gasteiger partial charge is 0.309 e. The Balaban J connectivity index is 0.709. The highest BCUT2D eigenvalue weighted by molar-refractivity contribution is 6.26. The fraction of sp³-hybridized carbons (Fsp3) is 0. The van der Waals surface area contributed by atoms with Gasteiger partial charge in [0.1, 0.15) is 0 Å². The normalized spacial score (nSPS) is 12.2. The molecule has 7 nitrogen and oxygen atoms in total. The Bertz CT molecular complexity index is 5950. The molecule has 0 spiro atoms. The van der Waals surface area contributed by atoms with Gasteiger partial charge in [0.25, 0.3) is 0 Å². The second-order valence-electron chi connectivity index (χ2n) is 24.0. The summed E-state index contributed by atoms with van der Waals surface area (Å²) in [5.74, 6) is 0.600. The highest BCUT2D eigenvalue weighted by Crippen LogP contribution is 2.46. The van der Waals surface area contributed by atoms with Crippen molar-refractivity contribution in [1.29, 1.82) is 5.26 Å². The zero-order chi connectivity index (χ0) is 58.9. The lowest BCUT2D eigenvalue weighted by molar-refractivity contribution is 1.15. The van der Waals surface area contributed by atoms with Crippen LogP contribution in [0.2, 0.25) is 0 Å². The van der Waals surface area contributed by atoms with E-state index in [4.69, 9.17) is 9.97 Å². The van der Waals surface area contributed by atoms with Crippen LogP contribution < -0.4 is 0 Å². The van der Waals surface area contributed by atoms with Crippen molar-refractivity contribution in [2.75, 3.05) is 0 Å². The zero-order valence-electron chi connectivity index (χ0n) is 48.3. The Kier molecular flexibility index (Phi) is 9.94. The van der Waals surface area contributed by atoms with Crippen molar-refractivity contribution in [3.05, 3.63) is 291 Å². The number of hydrogen-bond acceptors (Lipinski definition) is 3. The highest BCUT2D eigenvalue weighted by atomic mass is 15.0. The van der Waals surface area contributed by atoms with Gasteiger partial charge in [0.05, 0.1) is 78.2 Å². The molecule has 90 heavy (non-hydrogen) atoms. The highest BCUT2D eigenvalue weighted by Gasteiger charge is 2.23. The molecule has 0 unspecified atom stereocenters. The van der Waals surface area contributed by atoms with Gasteiger partial charge in [-0.3, -0.25) is 0 Å². The van der Waals surface area contributed by atoms with E-state index in [2.05, 4.69) is 285 Å². The lowest BCUT2D eigenvalue weighted by atomic mass is 9.98. The number of para-hydroxylation sites is 6. The van der Waals surface area contributed by atoms with Crippen LogP contribution in [0.1, 0.15) is 5.56 Å². The molecule has 0 radical (unpaired) electrons. The van der Waals surface area contributed by atoms with Crippen LogP contribution in [0.15, 0.2) is 285 Å². The zero-order valence-corrected chi connectivity index (χ0v) is 48.3. The van der Waals surface area contributed by atoms with Crippen LogP contribution >= 0.6 is 0 Å². The molecule has 13 aromatic carbocycles. The van der Waals surface area contributed by atoms with Crippen LogP contribution in [0, 0.1) is 11.3 Å². The average Bonchev–Trinajstić information content (AvgIpc) is 1.56. The van der Waals surface area contributed by atoms with Crippen molar-refractivity contribution in [2.24, 2.45) is 0 Å². The molecular weight excluding hydrogens is 1090 g/mol. The Morgan fingerprint density at radius 2 is 0.589 bits per heavy atom. The van der Waals surface area contributed by atoms with Crippen molar-refractivity contribution in [1.82, 2.24) is 27.9 Å². The molecule has 20 rings (SSSR count). The van der Waals surface area contributed by atoms with E-state index in [9.17, 15) is 5.26 Å². The summed E-state index contributed by atoms with van der Waals surface area (Å²) in [5.41, 5.74) is 23.6. The van der Waals surface area contributed by atoms with Gasteiger partial charge in [0.2, 0.25) is 0 Å². The number of nitriles is 1. The fourth-order valence-corrected chi connectivity index (χ4v) is 15.3. The van der Waals surface area contributed by atoms with Gasteiger partial charge in [-0.2, -0.15) is 5.26 Å². The third kappa shape index (κ3) is 6.87. The second kappa shape index (κ2) is 18.3. The van der Waals surface area contributed by atoms with E-state index in [1.54, 1.807) is 0 Å². The fourth-order valence-electron chi connectivity index (χ4n) is 15.3. The van der Waals surface area contributed by atoms with E-state index in [0.29, 0.717) is 11.4 Å². The number of rotatable bonds is 7. The molecule has 0 atom stereocenters. The van der Waals surface area contributed by atoms with Crippen LogP contribution in [0.4, 0.5) is 0 Å². The van der Waals surface area contributed by atoms with E-state index < -0.39 is 0 Å². The summed E-state index contributed by atoms with van der Waals surface area (Å²) in [6, 6.07) is 105. The maximum Gasteiger partial charge on any atom is 0.160 e. The number of aromatic nitrogens is 6. The molecule has 0 aliphatic carbocycles. The third-order valence-electron chi connectivity index (χ3n) is 19.2. The minimum Gasteiger partial charge on any atom is -0.309 e. The van der Waals surface area contributed by atoms with E-state index >= 15 is 0 Å². The lowest BCUT2D eigenvalue weighted by Crippen LogP contribution is -1.99. The topological polar surface area (TPSA) is 68.2 Å². The molecule has 7 heteroatoms. The molecular formula is C83H47N7. The van der Waals surface area contributed by atoms with Crippen molar-refractivity contribution >= 4 is 120 Å². The first kappa shape index (κ1) is 48.8. The molecule has 414 valence electrons. The van der Waals surface area contributed by atoms with Crippen molar-refractivity contribution in [3.63, 3.8) is 0 Å². The smallest absolute Gasteiger partial charge is 0.160 e. The van der Waals surface area contributed by atoms with Crippen molar-refractivity contribution < 1.29 is 0 Å². The predicted molar refractivity (Wildman–Crippen MR) is 372 cm³/mol. The summed E-state index contributed by atoms with van der Waals surface area (Å²) in [4.78, 5) is 10.8. The molecule has 0 bridgehead atoms. The summed E-state index contributed by atoms with van der Waals surface area (Å²) in [6.07, 6.45) is 0. The molecule has 0 amide bonds. The predicted octanol–water partition coefficient (Wildman–Crippen LogP) is 21.2. The van der Waals surface area contributed by atoms with Gasteiger partial charge < -0.3 is 17.9 Å². The Labute approximate surface area is 514 Å². The van der Waals surface area contributed by atoms with Crippen molar-refractivity contribution in [3.8, 4) is 73.6 Å². The number of nitrogens with zero attached hydrogens (tertiary/aromatic N) is 7. The van der Waals surface area contributed by atoms with E-state index in [0.717, 1.165) is 61.5 Å². The number of benzene rings is 13. The summed E-state index contributed by atoms with van der Waals surface area (Å²) in [5, 5.41) is 24.7. The number of hydrogen-bond donors (Lipinski definition) is 0. The number of fused-ring (bicyclic) bond motifs is 18. The minimum absolute atomic E-state index is 0.592. The summed E-state index contributed by atoms with van der Waals surface area (Å²) >= 11 is 0. The summed E-state index contributed by atoms with van der Waals surface area (Å²) in [7, 11) is 0. The average molecular weight is 1140 g/mol. The molecule has 0 saturated carbocycles. The van der Waals surface area contributed by atoms with E-state index in [1.807, 2.05) is 24.3 Å². The quantitative estimate of drug-likeness (QED) is 0.160. The maximum atomic E-state index is 9.83. The molecule has 0 N–H and O–H groups in total. The molecule has 0 fully saturated rings. The first-order valence-electron chi connectivity index (χ1n) is 30.6. The van der Waals surface area contributed by atoms with Gasteiger partial charge in [-0.15, -0.1) is 0 Å². The summed E-state index contributed by atoms with van der Waals surface area (Å²) < 4.78 is 9.64. The van der Waals surface area contributed by atoms with Gasteiger partial charge >= 0.3 is 0 Å². The summed E-state index contributed by atoms with van der Waals surface area (Å²) in [6.45, 7) is 0. The SMILES string of the molecule is N#Cc1ccc(-c2cc(-c3cccc(-n4c5ccccc5c5cc(-c6cc7c8ccccc8n8c9ccccc9c(c6)c78)ccc54)c3)nc(-c3cccc(-n4c5ccccc5c5cc(-c6cc7c8ccccc8n8c9ccccc9c(c6)c78)ccc54)c3)n2)cc1. The van der Waals surface area contributed by atoms with Crippen LogP contribution in [0.3, 0.4) is 0 Å². The molecule has 0 saturated heterocycles. The van der Waals surface area contributed by atoms with E-state index in [1.165, 1.54) is 120 Å².